The Morgan fingerprint density at radius 3 is 2.00 bits per heavy atom. The molecule has 4 nitrogen and oxygen atoms in total. The van der Waals surface area contributed by atoms with Crippen LogP contribution in [0.1, 0.15) is 6.92 Å². The van der Waals surface area contributed by atoms with Crippen LogP contribution in [0, 0.1) is 0 Å². The van der Waals surface area contributed by atoms with Crippen molar-refractivity contribution in [2.45, 2.75) is 13.2 Å². The minimum absolute atomic E-state index is 0.283. The highest BCUT2D eigenvalue weighted by atomic mass is 16.7. The Morgan fingerprint density at radius 2 is 1.50 bits per heavy atom. The van der Waals surface area contributed by atoms with Gasteiger partial charge in [0.25, 0.3) is 0 Å². The van der Waals surface area contributed by atoms with Crippen molar-refractivity contribution in [3.05, 3.63) is 48.5 Å². The molecule has 1 heterocycles. The first kappa shape index (κ1) is 12.5. The Hall–Kier alpha value is -2.49. The Kier molecular flexibility index (Phi) is 3.29. The molecule has 0 fully saturated rings. The molecule has 0 N–H and O–H groups in total. The van der Waals surface area contributed by atoms with Gasteiger partial charge < -0.3 is 14.2 Å². The van der Waals surface area contributed by atoms with E-state index in [0.29, 0.717) is 11.5 Å². The van der Waals surface area contributed by atoms with E-state index in [0.717, 1.165) is 11.1 Å². The molecular formula is C16H14O4. The number of esters is 1. The van der Waals surface area contributed by atoms with E-state index in [-0.39, 0.29) is 6.61 Å². The van der Waals surface area contributed by atoms with Crippen LogP contribution in [0.4, 0.5) is 0 Å². The SMILES string of the molecule is CCOC(=O)C1Oc2ccccc2-c2ccccc2O1. The predicted octanol–water partition coefficient (Wildman–Crippen LogP) is 3.01. The molecule has 4 heteroatoms. The number of rotatable bonds is 2. The van der Waals surface area contributed by atoms with Gasteiger partial charge in [-0.1, -0.05) is 36.4 Å². The molecule has 0 spiro atoms. The minimum atomic E-state index is -1.08. The fourth-order valence-electron chi connectivity index (χ4n) is 2.15. The van der Waals surface area contributed by atoms with E-state index >= 15 is 0 Å². The molecule has 2 aromatic rings. The third-order valence-corrected chi connectivity index (χ3v) is 3.01. The minimum Gasteiger partial charge on any atom is -0.460 e. The predicted molar refractivity (Wildman–Crippen MR) is 73.6 cm³/mol. The van der Waals surface area contributed by atoms with Crippen molar-refractivity contribution in [1.82, 2.24) is 0 Å². The number of para-hydroxylation sites is 2. The van der Waals surface area contributed by atoms with Crippen molar-refractivity contribution in [1.29, 1.82) is 0 Å². The highest BCUT2D eigenvalue weighted by Crippen LogP contribution is 2.39. The topological polar surface area (TPSA) is 44.8 Å². The lowest BCUT2D eigenvalue weighted by molar-refractivity contribution is -0.164. The summed E-state index contributed by atoms with van der Waals surface area (Å²) in [7, 11) is 0. The maximum atomic E-state index is 11.9. The van der Waals surface area contributed by atoms with Crippen molar-refractivity contribution >= 4 is 5.97 Å². The van der Waals surface area contributed by atoms with Crippen LogP contribution in [0.25, 0.3) is 11.1 Å². The maximum Gasteiger partial charge on any atom is 0.389 e. The Balaban J connectivity index is 2.07. The van der Waals surface area contributed by atoms with Gasteiger partial charge in [-0.25, -0.2) is 4.79 Å². The molecule has 1 aliphatic rings. The monoisotopic (exact) mass is 270 g/mol. The molecular weight excluding hydrogens is 256 g/mol. The molecule has 102 valence electrons. The van der Waals surface area contributed by atoms with Gasteiger partial charge in [0.15, 0.2) is 0 Å². The number of carbonyl (C=O) groups is 1. The molecule has 20 heavy (non-hydrogen) atoms. The lowest BCUT2D eigenvalue weighted by Crippen LogP contribution is -2.34. The first-order valence-corrected chi connectivity index (χ1v) is 6.48. The average molecular weight is 270 g/mol. The average Bonchev–Trinajstić information content (AvgIpc) is 2.64. The largest absolute Gasteiger partial charge is 0.460 e. The van der Waals surface area contributed by atoms with Crippen molar-refractivity contribution in [2.24, 2.45) is 0 Å². The third-order valence-electron chi connectivity index (χ3n) is 3.01. The summed E-state index contributed by atoms with van der Waals surface area (Å²) in [6.45, 7) is 2.03. The van der Waals surface area contributed by atoms with E-state index in [4.69, 9.17) is 14.2 Å². The number of hydrogen-bond acceptors (Lipinski definition) is 4. The second kappa shape index (κ2) is 5.25. The number of hydrogen-bond donors (Lipinski definition) is 0. The Labute approximate surface area is 116 Å². The molecule has 0 bridgehead atoms. The van der Waals surface area contributed by atoms with Gasteiger partial charge in [-0.3, -0.25) is 0 Å². The summed E-state index contributed by atoms with van der Waals surface area (Å²) in [5, 5.41) is 0. The molecule has 0 aliphatic carbocycles. The van der Waals surface area contributed by atoms with Crippen LogP contribution in [0.15, 0.2) is 48.5 Å². The molecule has 0 unspecified atom stereocenters. The molecule has 0 saturated carbocycles. The van der Waals surface area contributed by atoms with E-state index in [1.165, 1.54) is 0 Å². The zero-order valence-corrected chi connectivity index (χ0v) is 11.0. The smallest absolute Gasteiger partial charge is 0.389 e. The van der Waals surface area contributed by atoms with Crippen molar-refractivity contribution in [3.63, 3.8) is 0 Å². The van der Waals surface area contributed by atoms with Gasteiger partial charge >= 0.3 is 12.3 Å². The van der Waals surface area contributed by atoms with Crippen molar-refractivity contribution < 1.29 is 19.0 Å². The van der Waals surface area contributed by atoms with E-state index < -0.39 is 12.3 Å². The van der Waals surface area contributed by atoms with Gasteiger partial charge in [0.2, 0.25) is 0 Å². The maximum absolute atomic E-state index is 11.9. The molecule has 3 rings (SSSR count). The highest BCUT2D eigenvalue weighted by Gasteiger charge is 2.29. The lowest BCUT2D eigenvalue weighted by atomic mass is 10.0. The van der Waals surface area contributed by atoms with Crippen LogP contribution >= 0.6 is 0 Å². The molecule has 1 aliphatic heterocycles. The molecule has 0 saturated heterocycles. The summed E-state index contributed by atoms with van der Waals surface area (Å²) < 4.78 is 16.3. The summed E-state index contributed by atoms with van der Waals surface area (Å²) in [6, 6.07) is 15.0. The number of fused-ring (bicyclic) bond motifs is 3. The standard InChI is InChI=1S/C16H14O4/c1-2-18-15(17)16-19-13-9-5-3-7-11(13)12-8-4-6-10-14(12)20-16/h3-10,16H,2H2,1H3. The van der Waals surface area contributed by atoms with Crippen molar-refractivity contribution in [2.75, 3.05) is 6.61 Å². The van der Waals surface area contributed by atoms with Crippen LogP contribution in [0.2, 0.25) is 0 Å². The molecule has 2 aromatic carbocycles. The summed E-state index contributed by atoms with van der Waals surface area (Å²) in [6.07, 6.45) is -1.08. The first-order valence-electron chi connectivity index (χ1n) is 6.48. The lowest BCUT2D eigenvalue weighted by Gasteiger charge is -2.16. The van der Waals surface area contributed by atoms with Gasteiger partial charge in [-0.15, -0.1) is 0 Å². The van der Waals surface area contributed by atoms with Crippen molar-refractivity contribution in [3.8, 4) is 22.6 Å². The highest BCUT2D eigenvalue weighted by molar-refractivity contribution is 5.80. The van der Waals surface area contributed by atoms with E-state index in [2.05, 4.69) is 0 Å². The quantitative estimate of drug-likeness (QED) is 0.787. The summed E-state index contributed by atoms with van der Waals surface area (Å²) in [5.41, 5.74) is 1.80. The van der Waals surface area contributed by atoms with Crippen LogP contribution < -0.4 is 9.47 Å². The summed E-state index contributed by atoms with van der Waals surface area (Å²) in [5.74, 6) is 0.685. The van der Waals surface area contributed by atoms with Gasteiger partial charge in [0.1, 0.15) is 11.5 Å². The van der Waals surface area contributed by atoms with Gasteiger partial charge in [-0.05, 0) is 19.1 Å². The zero-order chi connectivity index (χ0) is 13.9. The first-order chi connectivity index (χ1) is 9.79. The van der Waals surface area contributed by atoms with Crippen LogP contribution in [0.3, 0.4) is 0 Å². The molecule has 0 aromatic heterocycles. The fraction of sp³-hybridized carbons (Fsp3) is 0.188. The number of carbonyl (C=O) groups excluding carboxylic acids is 1. The number of ether oxygens (including phenoxy) is 3. The van der Waals surface area contributed by atoms with E-state index in [1.54, 1.807) is 6.92 Å². The summed E-state index contributed by atoms with van der Waals surface area (Å²) in [4.78, 5) is 11.9. The second-order valence-corrected chi connectivity index (χ2v) is 4.31. The van der Waals surface area contributed by atoms with Gasteiger partial charge in [0.05, 0.1) is 6.61 Å². The normalized spacial score (nSPS) is 13.2. The van der Waals surface area contributed by atoms with Crippen LogP contribution in [-0.4, -0.2) is 18.9 Å². The molecule has 0 amide bonds. The third kappa shape index (κ3) is 2.20. The van der Waals surface area contributed by atoms with Gasteiger partial charge in [0, 0.05) is 11.1 Å². The fourth-order valence-corrected chi connectivity index (χ4v) is 2.15. The van der Waals surface area contributed by atoms with Crippen LogP contribution in [0.5, 0.6) is 11.5 Å². The number of benzene rings is 2. The van der Waals surface area contributed by atoms with E-state index in [1.807, 2.05) is 48.5 Å². The summed E-state index contributed by atoms with van der Waals surface area (Å²) >= 11 is 0. The molecule has 0 atom stereocenters. The van der Waals surface area contributed by atoms with Crippen LogP contribution in [-0.2, 0) is 9.53 Å². The Morgan fingerprint density at radius 1 is 1.00 bits per heavy atom. The zero-order valence-electron chi connectivity index (χ0n) is 11.0. The molecule has 0 radical (unpaired) electrons. The van der Waals surface area contributed by atoms with E-state index in [9.17, 15) is 4.79 Å². The second-order valence-electron chi connectivity index (χ2n) is 4.31. The Bertz CT molecular complexity index is 588. The van der Waals surface area contributed by atoms with Gasteiger partial charge in [-0.2, -0.15) is 0 Å².